The van der Waals surface area contributed by atoms with Crippen LogP contribution in [-0.2, 0) is 15.9 Å². The lowest BCUT2D eigenvalue weighted by Crippen LogP contribution is -2.30. The van der Waals surface area contributed by atoms with E-state index >= 15 is 0 Å². The normalized spacial score (nSPS) is 14.9. The molecule has 0 saturated heterocycles. The summed E-state index contributed by atoms with van der Waals surface area (Å²) in [6.07, 6.45) is 2.86. The Kier molecular flexibility index (Phi) is 6.77. The summed E-state index contributed by atoms with van der Waals surface area (Å²) >= 11 is 0. The Labute approximate surface area is 174 Å². The second kappa shape index (κ2) is 9.30. The van der Waals surface area contributed by atoms with Gasteiger partial charge in [-0.05, 0) is 30.9 Å². The quantitative estimate of drug-likeness (QED) is 0.524. The van der Waals surface area contributed by atoms with Crippen molar-refractivity contribution in [3.63, 3.8) is 0 Å². The van der Waals surface area contributed by atoms with Crippen LogP contribution >= 0.6 is 0 Å². The average molecular weight is 416 g/mol. The van der Waals surface area contributed by atoms with Crippen molar-refractivity contribution in [3.05, 3.63) is 50.0 Å². The first-order chi connectivity index (χ1) is 14.4. The van der Waals surface area contributed by atoms with Gasteiger partial charge in [-0.2, -0.15) is 0 Å². The highest BCUT2D eigenvalue weighted by molar-refractivity contribution is 5.89. The topological polar surface area (TPSA) is 99.6 Å². The fraction of sp³-hybridized carbons (Fsp3) is 0.500. The molecule has 8 heteroatoms. The monoisotopic (exact) mass is 416 g/mol. The van der Waals surface area contributed by atoms with E-state index in [1.54, 1.807) is 26.3 Å². The number of H-pyrrole nitrogens is 1. The molecule has 0 bridgehead atoms. The van der Waals surface area contributed by atoms with Crippen LogP contribution in [0.2, 0.25) is 0 Å². The van der Waals surface area contributed by atoms with E-state index in [4.69, 9.17) is 14.2 Å². The Balaban J connectivity index is 2.06. The van der Waals surface area contributed by atoms with Crippen LogP contribution in [0, 0.1) is 5.92 Å². The van der Waals surface area contributed by atoms with Gasteiger partial charge in [-0.3, -0.25) is 9.59 Å². The smallest absolute Gasteiger partial charge is 0.343 e. The number of carbonyl (C=O) groups excluding carboxylic acids is 1. The van der Waals surface area contributed by atoms with Crippen LogP contribution < -0.4 is 15.7 Å². The van der Waals surface area contributed by atoms with Crippen LogP contribution in [0.1, 0.15) is 49.2 Å². The number of aromatic amines is 1. The van der Waals surface area contributed by atoms with Crippen LogP contribution in [0.25, 0.3) is 11.4 Å². The number of pyridine rings is 2. The molecule has 1 N–H and O–H groups in total. The number of hydrogen-bond donors (Lipinski definition) is 1. The second-order valence-corrected chi connectivity index (χ2v) is 7.64. The third-order valence-electron chi connectivity index (χ3n) is 5.23. The van der Waals surface area contributed by atoms with E-state index in [0.717, 1.165) is 5.56 Å². The molecule has 0 aromatic carbocycles. The summed E-state index contributed by atoms with van der Waals surface area (Å²) in [5, 5.41) is 0. The molecule has 0 fully saturated rings. The molecule has 0 radical (unpaired) electrons. The molecular formula is C22H28N2O6. The van der Waals surface area contributed by atoms with E-state index in [1.807, 2.05) is 4.57 Å². The molecule has 1 aliphatic rings. The number of aromatic nitrogens is 2. The van der Waals surface area contributed by atoms with Gasteiger partial charge < -0.3 is 23.8 Å². The predicted molar refractivity (Wildman–Crippen MR) is 112 cm³/mol. The molecule has 2 aromatic heterocycles. The van der Waals surface area contributed by atoms with Gasteiger partial charge in [0.05, 0.1) is 24.6 Å². The van der Waals surface area contributed by atoms with E-state index in [2.05, 4.69) is 18.8 Å². The lowest BCUT2D eigenvalue weighted by atomic mass is 9.89. The minimum absolute atomic E-state index is 0.00450. The minimum atomic E-state index is -0.639. The lowest BCUT2D eigenvalue weighted by molar-refractivity contribution is 0.0523. The molecule has 0 amide bonds. The average Bonchev–Trinajstić information content (AvgIpc) is 2.70. The van der Waals surface area contributed by atoms with Gasteiger partial charge in [0.15, 0.2) is 11.2 Å². The van der Waals surface area contributed by atoms with E-state index in [-0.39, 0.29) is 35.4 Å². The summed E-state index contributed by atoms with van der Waals surface area (Å²) in [6, 6.07) is 3.16. The lowest BCUT2D eigenvalue weighted by Gasteiger charge is -2.33. The molecule has 30 heavy (non-hydrogen) atoms. The molecule has 1 aliphatic heterocycles. The van der Waals surface area contributed by atoms with E-state index in [9.17, 15) is 14.4 Å². The fourth-order valence-electron chi connectivity index (χ4n) is 3.70. The summed E-state index contributed by atoms with van der Waals surface area (Å²) in [6.45, 7) is 6.97. The SMILES string of the molecule is CCOC(=O)c1cn2c(cc1=O)-c1[nH]c(=O)c(OCCCOC)cc1CC2C(C)C. The molecule has 8 nitrogen and oxygen atoms in total. The molecule has 1 unspecified atom stereocenters. The zero-order valence-electron chi connectivity index (χ0n) is 17.8. The first kappa shape index (κ1) is 21.8. The van der Waals surface area contributed by atoms with Crippen molar-refractivity contribution in [1.29, 1.82) is 0 Å². The van der Waals surface area contributed by atoms with Crippen molar-refractivity contribution in [1.82, 2.24) is 9.55 Å². The second-order valence-electron chi connectivity index (χ2n) is 7.64. The maximum atomic E-state index is 12.6. The zero-order chi connectivity index (χ0) is 21.8. The van der Waals surface area contributed by atoms with Gasteiger partial charge in [-0.25, -0.2) is 4.79 Å². The number of carbonyl (C=O) groups is 1. The van der Waals surface area contributed by atoms with E-state index in [1.165, 1.54) is 6.07 Å². The summed E-state index contributed by atoms with van der Waals surface area (Å²) in [5.74, 6) is -0.154. The predicted octanol–water partition coefficient (Wildman–Crippen LogP) is 2.55. The number of nitrogens with one attached hydrogen (secondary N) is 1. The largest absolute Gasteiger partial charge is 0.488 e. The standard InChI is InChI=1S/C22H28N2O6/c1-5-29-22(27)15-12-24-16(13(2)3)9-14-10-19(30-8-6-7-28-4)21(26)23-20(14)17(24)11-18(15)25/h10-13,16H,5-9H2,1-4H3,(H,23,26). The maximum absolute atomic E-state index is 12.6. The number of esters is 1. The Bertz CT molecular complexity index is 1040. The third-order valence-corrected chi connectivity index (χ3v) is 5.23. The summed E-state index contributed by atoms with van der Waals surface area (Å²) in [5.41, 5.74) is 1.26. The molecule has 0 spiro atoms. The number of fused-ring (bicyclic) bond motifs is 3. The number of nitrogens with zero attached hydrogens (tertiary/aromatic N) is 1. The van der Waals surface area contributed by atoms with Crippen molar-refractivity contribution in [2.75, 3.05) is 26.9 Å². The molecular weight excluding hydrogens is 388 g/mol. The number of hydrogen-bond acceptors (Lipinski definition) is 6. The highest BCUT2D eigenvalue weighted by Crippen LogP contribution is 2.36. The third kappa shape index (κ3) is 4.33. The highest BCUT2D eigenvalue weighted by Gasteiger charge is 2.29. The van der Waals surface area contributed by atoms with Crippen molar-refractivity contribution < 1.29 is 19.0 Å². The van der Waals surface area contributed by atoms with Gasteiger partial charge >= 0.3 is 5.97 Å². The molecule has 162 valence electrons. The van der Waals surface area contributed by atoms with Gasteiger partial charge in [0.2, 0.25) is 0 Å². The van der Waals surface area contributed by atoms with Crippen LogP contribution in [0.3, 0.4) is 0 Å². The molecule has 1 atom stereocenters. The maximum Gasteiger partial charge on any atom is 0.343 e. The molecule has 3 heterocycles. The Morgan fingerprint density at radius 2 is 2.03 bits per heavy atom. The van der Waals surface area contributed by atoms with Crippen LogP contribution in [0.4, 0.5) is 0 Å². The van der Waals surface area contributed by atoms with E-state index in [0.29, 0.717) is 37.4 Å². The van der Waals surface area contributed by atoms with Crippen LogP contribution in [0.15, 0.2) is 27.9 Å². The Morgan fingerprint density at radius 1 is 1.27 bits per heavy atom. The number of ether oxygens (including phenoxy) is 3. The van der Waals surface area contributed by atoms with Crippen molar-refractivity contribution >= 4 is 5.97 Å². The molecule has 2 aromatic rings. The fourth-order valence-corrected chi connectivity index (χ4v) is 3.70. The van der Waals surface area contributed by atoms with Crippen molar-refractivity contribution in [3.8, 4) is 17.1 Å². The summed E-state index contributed by atoms with van der Waals surface area (Å²) in [7, 11) is 1.62. The van der Waals surface area contributed by atoms with Gasteiger partial charge in [0.25, 0.3) is 5.56 Å². The van der Waals surface area contributed by atoms with Gasteiger partial charge in [0, 0.05) is 38.4 Å². The van der Waals surface area contributed by atoms with Gasteiger partial charge in [-0.15, -0.1) is 0 Å². The minimum Gasteiger partial charge on any atom is -0.488 e. The molecule has 0 aliphatic carbocycles. The van der Waals surface area contributed by atoms with Crippen molar-refractivity contribution in [2.24, 2.45) is 5.92 Å². The van der Waals surface area contributed by atoms with Gasteiger partial charge in [0.1, 0.15) is 5.56 Å². The Hall–Kier alpha value is -2.87. The zero-order valence-corrected chi connectivity index (χ0v) is 17.8. The van der Waals surface area contributed by atoms with Crippen molar-refractivity contribution in [2.45, 2.75) is 39.7 Å². The van der Waals surface area contributed by atoms with Gasteiger partial charge in [-0.1, -0.05) is 13.8 Å². The van der Waals surface area contributed by atoms with E-state index < -0.39 is 11.4 Å². The molecule has 3 rings (SSSR count). The van der Waals surface area contributed by atoms with Crippen LogP contribution in [0.5, 0.6) is 5.75 Å². The number of methoxy groups -OCH3 is 1. The Morgan fingerprint density at radius 3 is 2.70 bits per heavy atom. The number of rotatable bonds is 8. The molecule has 0 saturated carbocycles. The van der Waals surface area contributed by atoms with Crippen LogP contribution in [-0.4, -0.2) is 42.5 Å². The summed E-state index contributed by atoms with van der Waals surface area (Å²) < 4.78 is 17.6. The highest BCUT2D eigenvalue weighted by atomic mass is 16.5. The summed E-state index contributed by atoms with van der Waals surface area (Å²) in [4.78, 5) is 40.2. The first-order valence-corrected chi connectivity index (χ1v) is 10.2. The first-order valence-electron chi connectivity index (χ1n) is 10.2.